The summed E-state index contributed by atoms with van der Waals surface area (Å²) in [6.07, 6.45) is 8.79. The van der Waals surface area contributed by atoms with Crippen molar-refractivity contribution in [3.63, 3.8) is 0 Å². The first-order valence-corrected chi connectivity index (χ1v) is 10.6. The lowest BCUT2D eigenvalue weighted by atomic mass is 10.2. The first-order chi connectivity index (χ1) is 9.33. The van der Waals surface area contributed by atoms with E-state index < -0.39 is 8.56 Å². The van der Waals surface area contributed by atoms with Gasteiger partial charge in [0.1, 0.15) is 0 Å². The lowest BCUT2D eigenvalue weighted by molar-refractivity contribution is 0.172. The first kappa shape index (κ1) is 12.8. The molecular weight excluding hydrogens is 252 g/mol. The summed E-state index contributed by atoms with van der Waals surface area (Å²) in [4.78, 5) is 0. The molecule has 108 valence electrons. The Bertz CT molecular complexity index is 305. The van der Waals surface area contributed by atoms with Gasteiger partial charge in [0.2, 0.25) is 0 Å². The van der Waals surface area contributed by atoms with Crippen LogP contribution in [0.1, 0.15) is 52.4 Å². The Morgan fingerprint density at radius 3 is 1.42 bits per heavy atom. The zero-order valence-corrected chi connectivity index (χ0v) is 13.4. The molecule has 0 aliphatic heterocycles. The fraction of sp³-hybridized carbons (Fsp3) is 1.00. The Hall–Kier alpha value is 0.137. The predicted molar refractivity (Wildman–Crippen MR) is 78.2 cm³/mol. The Kier molecular flexibility index (Phi) is 3.09. The molecule has 0 bridgehead atoms. The molecule has 0 spiro atoms. The molecule has 0 amide bonds. The summed E-state index contributed by atoms with van der Waals surface area (Å²) >= 11 is 0. The van der Waals surface area contributed by atoms with Gasteiger partial charge in [-0.1, -0.05) is 12.8 Å². The lowest BCUT2D eigenvalue weighted by Crippen LogP contribution is -2.46. The molecular formula is C16H28O2Si. The van der Waals surface area contributed by atoms with Crippen molar-refractivity contribution < 1.29 is 8.85 Å². The molecule has 0 N–H and O–H groups in total. The molecule has 0 aromatic heterocycles. The Labute approximate surface area is 118 Å². The largest absolute Gasteiger partial charge is 0.394 e. The van der Waals surface area contributed by atoms with E-state index in [-0.39, 0.29) is 0 Å². The number of fused-ring (bicyclic) bond motifs is 2. The van der Waals surface area contributed by atoms with E-state index in [2.05, 4.69) is 13.8 Å². The minimum atomic E-state index is -1.92. The highest BCUT2D eigenvalue weighted by Crippen LogP contribution is 2.76. The van der Waals surface area contributed by atoms with Crippen LogP contribution in [-0.4, -0.2) is 21.8 Å². The molecule has 0 radical (unpaired) electrons. The van der Waals surface area contributed by atoms with Gasteiger partial charge in [-0.2, -0.15) is 0 Å². The minimum Gasteiger partial charge on any atom is -0.394 e. The average molecular weight is 280 g/mol. The molecule has 2 nitrogen and oxygen atoms in total. The fourth-order valence-corrected chi connectivity index (χ4v) is 12.0. The number of hydrogen-bond donors (Lipinski definition) is 0. The summed E-state index contributed by atoms with van der Waals surface area (Å²) in [6, 6.07) is 0. The molecule has 0 heterocycles. The number of rotatable bonds is 6. The van der Waals surface area contributed by atoms with Gasteiger partial charge in [-0.05, 0) is 63.2 Å². The fourth-order valence-electron chi connectivity index (χ4n) is 5.94. The van der Waals surface area contributed by atoms with Crippen LogP contribution in [-0.2, 0) is 8.85 Å². The lowest BCUT2D eigenvalue weighted by Gasteiger charge is -2.33. The summed E-state index contributed by atoms with van der Waals surface area (Å²) in [5.41, 5.74) is 1.74. The second-order valence-electron chi connectivity index (χ2n) is 7.16. The topological polar surface area (TPSA) is 18.5 Å². The van der Waals surface area contributed by atoms with E-state index in [4.69, 9.17) is 8.85 Å². The molecule has 0 saturated heterocycles. The van der Waals surface area contributed by atoms with Crippen molar-refractivity contribution in [2.24, 2.45) is 23.7 Å². The second kappa shape index (κ2) is 4.57. The Morgan fingerprint density at radius 2 is 1.11 bits per heavy atom. The van der Waals surface area contributed by atoms with Gasteiger partial charge in [0.05, 0.1) is 0 Å². The molecule has 4 unspecified atom stereocenters. The second-order valence-corrected chi connectivity index (χ2v) is 10.5. The third kappa shape index (κ3) is 1.74. The smallest absolute Gasteiger partial charge is 0.345 e. The summed E-state index contributed by atoms with van der Waals surface area (Å²) in [5.74, 6) is 3.97. The highest BCUT2D eigenvalue weighted by Gasteiger charge is 2.76. The Morgan fingerprint density at radius 1 is 0.737 bits per heavy atom. The monoisotopic (exact) mass is 280 g/mol. The third-order valence-corrected chi connectivity index (χ3v) is 11.5. The highest BCUT2D eigenvalue weighted by molar-refractivity contribution is 6.72. The van der Waals surface area contributed by atoms with Crippen LogP contribution in [0.15, 0.2) is 0 Å². The van der Waals surface area contributed by atoms with E-state index in [1.165, 1.54) is 38.5 Å². The highest BCUT2D eigenvalue weighted by atomic mass is 28.4. The molecule has 4 rings (SSSR count). The first-order valence-electron chi connectivity index (χ1n) is 8.61. The van der Waals surface area contributed by atoms with Crippen LogP contribution in [0.3, 0.4) is 0 Å². The molecule has 4 atom stereocenters. The molecule has 0 aromatic rings. The number of hydrogen-bond acceptors (Lipinski definition) is 2. The van der Waals surface area contributed by atoms with E-state index in [1.54, 1.807) is 0 Å². The zero-order chi connectivity index (χ0) is 13.0. The van der Waals surface area contributed by atoms with Gasteiger partial charge in [0.25, 0.3) is 0 Å². The maximum atomic E-state index is 6.51. The van der Waals surface area contributed by atoms with Crippen LogP contribution < -0.4 is 0 Å². The molecule has 0 aromatic carbocycles. The molecule has 4 fully saturated rings. The van der Waals surface area contributed by atoms with Crippen LogP contribution in [0, 0.1) is 23.7 Å². The average Bonchev–Trinajstić information content (AvgIpc) is 3.11. The van der Waals surface area contributed by atoms with Gasteiger partial charge in [-0.25, -0.2) is 0 Å². The van der Waals surface area contributed by atoms with Crippen molar-refractivity contribution in [3.05, 3.63) is 0 Å². The van der Waals surface area contributed by atoms with E-state index in [9.17, 15) is 0 Å². The van der Waals surface area contributed by atoms with Crippen molar-refractivity contribution in [1.82, 2.24) is 0 Å². The van der Waals surface area contributed by atoms with Crippen molar-refractivity contribution in [2.45, 2.75) is 63.5 Å². The SMILES string of the molecule is CCO[Si](OCC)(C1C2CCCC21)C1C2CCCC21. The van der Waals surface area contributed by atoms with E-state index in [0.717, 1.165) is 48.0 Å². The van der Waals surface area contributed by atoms with Crippen LogP contribution in [0.5, 0.6) is 0 Å². The molecule has 4 aliphatic rings. The maximum absolute atomic E-state index is 6.51. The van der Waals surface area contributed by atoms with Gasteiger partial charge in [0, 0.05) is 24.3 Å². The van der Waals surface area contributed by atoms with Crippen molar-refractivity contribution >= 4 is 8.56 Å². The Balaban J connectivity index is 1.59. The van der Waals surface area contributed by atoms with E-state index in [1.807, 2.05) is 0 Å². The van der Waals surface area contributed by atoms with Crippen LogP contribution in [0.2, 0.25) is 11.1 Å². The molecule has 4 saturated carbocycles. The third-order valence-electron chi connectivity index (χ3n) is 6.48. The van der Waals surface area contributed by atoms with Crippen molar-refractivity contribution in [1.29, 1.82) is 0 Å². The van der Waals surface area contributed by atoms with Crippen molar-refractivity contribution in [3.8, 4) is 0 Å². The van der Waals surface area contributed by atoms with Gasteiger partial charge in [-0.3, -0.25) is 0 Å². The van der Waals surface area contributed by atoms with Gasteiger partial charge in [-0.15, -0.1) is 0 Å². The van der Waals surface area contributed by atoms with Gasteiger partial charge < -0.3 is 8.85 Å². The molecule has 19 heavy (non-hydrogen) atoms. The van der Waals surface area contributed by atoms with Crippen LogP contribution in [0.25, 0.3) is 0 Å². The van der Waals surface area contributed by atoms with E-state index >= 15 is 0 Å². The van der Waals surface area contributed by atoms with Gasteiger partial charge >= 0.3 is 8.56 Å². The molecule has 4 aliphatic carbocycles. The van der Waals surface area contributed by atoms with E-state index in [0.29, 0.717) is 0 Å². The molecule has 3 heteroatoms. The van der Waals surface area contributed by atoms with Gasteiger partial charge in [0.15, 0.2) is 0 Å². The minimum absolute atomic E-state index is 0.872. The summed E-state index contributed by atoms with van der Waals surface area (Å²) in [5, 5.41) is 0. The van der Waals surface area contributed by atoms with Crippen molar-refractivity contribution in [2.75, 3.05) is 13.2 Å². The van der Waals surface area contributed by atoms with Crippen LogP contribution >= 0.6 is 0 Å². The summed E-state index contributed by atoms with van der Waals surface area (Å²) in [6.45, 7) is 6.10. The quantitative estimate of drug-likeness (QED) is 0.682. The maximum Gasteiger partial charge on any atom is 0.345 e. The normalized spacial score (nSPS) is 47.1. The van der Waals surface area contributed by atoms with Crippen LogP contribution in [0.4, 0.5) is 0 Å². The summed E-state index contributed by atoms with van der Waals surface area (Å²) in [7, 11) is -1.92. The predicted octanol–water partition coefficient (Wildman–Crippen LogP) is 4.10. The zero-order valence-electron chi connectivity index (χ0n) is 12.4. The summed E-state index contributed by atoms with van der Waals surface area (Å²) < 4.78 is 13.0. The standard InChI is InChI=1S/C16H28O2Si/c1-3-17-19(18-4-2,15-11-7-5-8-12(11)15)16-13-9-6-10-14(13)16/h11-16H,3-10H2,1-2H3.